The number of hydrogen-bond donors (Lipinski definition) is 0. The summed E-state index contributed by atoms with van der Waals surface area (Å²) in [4.78, 5) is 18.2. The summed E-state index contributed by atoms with van der Waals surface area (Å²) in [6.07, 6.45) is 8.30. The minimum absolute atomic E-state index is 0.0468. The van der Waals surface area contributed by atoms with Crippen molar-refractivity contribution in [2.75, 3.05) is 0 Å². The van der Waals surface area contributed by atoms with Gasteiger partial charge in [-0.25, -0.2) is 4.98 Å². The molecule has 0 aliphatic carbocycles. The summed E-state index contributed by atoms with van der Waals surface area (Å²) in [5.41, 5.74) is 3.34. The average molecular weight is 356 g/mol. The highest BCUT2D eigenvalue weighted by molar-refractivity contribution is 5.90. The third-order valence-corrected chi connectivity index (χ3v) is 4.51. The van der Waals surface area contributed by atoms with E-state index in [2.05, 4.69) is 5.10 Å². The Morgan fingerprint density at radius 1 is 1.04 bits per heavy atom. The van der Waals surface area contributed by atoms with Crippen LogP contribution in [-0.2, 0) is 13.5 Å². The third kappa shape index (κ3) is 3.19. The largest absolute Gasteiger partial charge is 0.275 e. The molecule has 5 heteroatoms. The molecule has 2 aromatic carbocycles. The molecule has 0 aliphatic rings. The minimum atomic E-state index is -0.0468. The van der Waals surface area contributed by atoms with E-state index in [-0.39, 0.29) is 5.56 Å². The van der Waals surface area contributed by atoms with Crippen molar-refractivity contribution < 1.29 is 0 Å². The first-order valence-corrected chi connectivity index (χ1v) is 8.94. The third-order valence-electron chi connectivity index (χ3n) is 4.51. The smallest absolute Gasteiger partial charge is 0.266 e. The fourth-order valence-electron chi connectivity index (χ4n) is 3.23. The quantitative estimate of drug-likeness (QED) is 0.558. The van der Waals surface area contributed by atoms with Gasteiger partial charge in [0.15, 0.2) is 0 Å². The van der Waals surface area contributed by atoms with Crippen LogP contribution >= 0.6 is 0 Å². The van der Waals surface area contributed by atoms with Crippen LogP contribution in [0.2, 0.25) is 0 Å². The zero-order valence-corrected chi connectivity index (χ0v) is 15.3. The first-order chi connectivity index (χ1) is 13.2. The summed E-state index contributed by atoms with van der Waals surface area (Å²) in [6, 6.07) is 15.4. The van der Waals surface area contributed by atoms with Gasteiger partial charge in [-0.15, -0.1) is 0 Å². The lowest BCUT2D eigenvalue weighted by atomic mass is 10.1. The average Bonchev–Trinajstić information content (AvgIpc) is 3.11. The van der Waals surface area contributed by atoms with Gasteiger partial charge in [-0.05, 0) is 23.8 Å². The Morgan fingerprint density at radius 2 is 1.85 bits per heavy atom. The lowest BCUT2D eigenvalue weighted by molar-refractivity contribution is 0.767. The van der Waals surface area contributed by atoms with Crippen molar-refractivity contribution >= 4 is 23.1 Å². The molecule has 0 spiro atoms. The van der Waals surface area contributed by atoms with Crippen LogP contribution in [0.4, 0.5) is 0 Å². The summed E-state index contributed by atoms with van der Waals surface area (Å²) in [5, 5.41) is 4.80. The molecular formula is C22H20N4O. The molecule has 134 valence electrons. The van der Waals surface area contributed by atoms with Crippen LogP contribution in [0.25, 0.3) is 28.7 Å². The fourth-order valence-corrected chi connectivity index (χ4v) is 3.23. The summed E-state index contributed by atoms with van der Waals surface area (Å²) in [6.45, 7) is 2.01. The molecule has 2 aromatic heterocycles. The molecule has 27 heavy (non-hydrogen) atoms. The van der Waals surface area contributed by atoms with Crippen LogP contribution in [0.15, 0.2) is 65.7 Å². The Kier molecular flexibility index (Phi) is 4.42. The van der Waals surface area contributed by atoms with E-state index >= 15 is 0 Å². The van der Waals surface area contributed by atoms with Gasteiger partial charge in [0.1, 0.15) is 5.82 Å². The molecule has 0 saturated heterocycles. The van der Waals surface area contributed by atoms with Crippen LogP contribution in [0, 0.1) is 0 Å². The first kappa shape index (κ1) is 17.0. The molecule has 0 bridgehead atoms. The van der Waals surface area contributed by atoms with Crippen molar-refractivity contribution in [1.82, 2.24) is 19.3 Å². The Balaban J connectivity index is 1.94. The highest BCUT2D eigenvalue weighted by Crippen LogP contribution is 2.19. The van der Waals surface area contributed by atoms with Crippen LogP contribution in [0.3, 0.4) is 0 Å². The number of hydrogen-bond acceptors (Lipinski definition) is 3. The molecule has 4 rings (SSSR count). The lowest BCUT2D eigenvalue weighted by Crippen LogP contribution is -2.24. The second-order valence-corrected chi connectivity index (χ2v) is 6.38. The van der Waals surface area contributed by atoms with E-state index in [0.717, 1.165) is 28.2 Å². The topological polar surface area (TPSA) is 52.7 Å². The second kappa shape index (κ2) is 7.03. The van der Waals surface area contributed by atoms with Gasteiger partial charge < -0.3 is 0 Å². The second-order valence-electron chi connectivity index (χ2n) is 6.38. The van der Waals surface area contributed by atoms with Gasteiger partial charge in [0.05, 0.1) is 22.8 Å². The number of nitrogens with zero attached hydrogens (tertiary/aromatic N) is 4. The molecule has 2 heterocycles. The van der Waals surface area contributed by atoms with Crippen molar-refractivity contribution in [2.24, 2.45) is 7.05 Å². The van der Waals surface area contributed by atoms with E-state index in [9.17, 15) is 4.79 Å². The number of aryl methyl sites for hydroxylation is 2. The Morgan fingerprint density at radius 3 is 2.56 bits per heavy atom. The van der Waals surface area contributed by atoms with Crippen LogP contribution in [0.5, 0.6) is 0 Å². The fraction of sp³-hybridized carbons (Fsp3) is 0.136. The van der Waals surface area contributed by atoms with E-state index in [1.165, 1.54) is 0 Å². The molecule has 0 atom stereocenters. The van der Waals surface area contributed by atoms with Gasteiger partial charge in [-0.3, -0.25) is 14.0 Å². The number of fused-ring (bicyclic) bond motifs is 1. The number of aromatic nitrogens is 4. The zero-order chi connectivity index (χ0) is 18.8. The molecule has 4 aromatic rings. The van der Waals surface area contributed by atoms with Crippen LogP contribution < -0.4 is 5.56 Å². The van der Waals surface area contributed by atoms with Crippen LogP contribution in [-0.4, -0.2) is 19.3 Å². The molecule has 0 fully saturated rings. The number of rotatable bonds is 4. The van der Waals surface area contributed by atoms with Crippen LogP contribution in [0.1, 0.15) is 23.9 Å². The van der Waals surface area contributed by atoms with Gasteiger partial charge >= 0.3 is 0 Å². The van der Waals surface area contributed by atoms with Gasteiger partial charge in [-0.2, -0.15) is 5.10 Å². The maximum absolute atomic E-state index is 13.4. The molecule has 0 saturated carbocycles. The van der Waals surface area contributed by atoms with E-state index < -0.39 is 0 Å². The van der Waals surface area contributed by atoms with Crippen molar-refractivity contribution in [3.8, 4) is 5.69 Å². The van der Waals surface area contributed by atoms with Crippen molar-refractivity contribution in [3.63, 3.8) is 0 Å². The Hall–Kier alpha value is -3.47. The molecule has 0 radical (unpaired) electrons. The van der Waals surface area contributed by atoms with Gasteiger partial charge in [0.2, 0.25) is 0 Å². The molecule has 0 unspecified atom stereocenters. The Labute approximate surface area is 157 Å². The summed E-state index contributed by atoms with van der Waals surface area (Å²) >= 11 is 0. The predicted molar refractivity (Wildman–Crippen MR) is 109 cm³/mol. The monoisotopic (exact) mass is 356 g/mol. The summed E-state index contributed by atoms with van der Waals surface area (Å²) in [7, 11) is 1.88. The van der Waals surface area contributed by atoms with E-state index in [1.807, 2.05) is 80.9 Å². The summed E-state index contributed by atoms with van der Waals surface area (Å²) in [5.74, 6) is 0.757. The maximum Gasteiger partial charge on any atom is 0.266 e. The predicted octanol–water partition coefficient (Wildman–Crippen LogP) is 3.85. The molecule has 0 amide bonds. The highest BCUT2D eigenvalue weighted by Gasteiger charge is 2.13. The molecule has 5 nitrogen and oxygen atoms in total. The molecular weight excluding hydrogens is 336 g/mol. The Bertz CT molecular complexity index is 1190. The van der Waals surface area contributed by atoms with Crippen molar-refractivity contribution in [2.45, 2.75) is 13.3 Å². The van der Waals surface area contributed by atoms with Gasteiger partial charge in [0, 0.05) is 25.2 Å². The SMILES string of the molecule is CCc1nc2cccc(/C=C\c3cnn(C)c3)c2c(=O)n1-c1ccccc1. The standard InChI is InChI=1S/C22H20N4O/c1-3-20-24-19-11-7-8-17(13-12-16-14-23-25(2)15-16)21(19)22(27)26(20)18-9-5-4-6-10-18/h4-15H,3H2,1-2H3/b13-12-. The van der Waals surface area contributed by atoms with E-state index in [4.69, 9.17) is 4.98 Å². The number of benzene rings is 2. The molecule has 0 aliphatic heterocycles. The lowest BCUT2D eigenvalue weighted by Gasteiger charge is -2.13. The molecule has 0 N–H and O–H groups in total. The highest BCUT2D eigenvalue weighted by atomic mass is 16.1. The number of para-hydroxylation sites is 1. The maximum atomic E-state index is 13.4. The van der Waals surface area contributed by atoms with E-state index in [0.29, 0.717) is 11.8 Å². The zero-order valence-electron chi connectivity index (χ0n) is 15.3. The van der Waals surface area contributed by atoms with Gasteiger partial charge in [0.25, 0.3) is 5.56 Å². The van der Waals surface area contributed by atoms with Crippen molar-refractivity contribution in [3.05, 3.63) is 88.2 Å². The van der Waals surface area contributed by atoms with E-state index in [1.54, 1.807) is 15.4 Å². The minimum Gasteiger partial charge on any atom is -0.275 e. The normalized spacial score (nSPS) is 11.5. The van der Waals surface area contributed by atoms with Crippen molar-refractivity contribution in [1.29, 1.82) is 0 Å². The summed E-state index contributed by atoms with van der Waals surface area (Å²) < 4.78 is 3.46. The first-order valence-electron chi connectivity index (χ1n) is 8.94. The van der Waals surface area contributed by atoms with Gasteiger partial charge in [-0.1, -0.05) is 49.4 Å².